The number of nitrogens with two attached hydrogens (primary N) is 1. The molecule has 0 aliphatic heterocycles. The zero-order chi connectivity index (χ0) is 8.48. The van der Waals surface area contributed by atoms with Crippen LogP contribution in [-0.4, -0.2) is 18.4 Å². The molecule has 0 aliphatic rings. The fraction of sp³-hybridized carbons (Fsp3) is 0. The first-order chi connectivity index (χ1) is 5.00. The van der Waals surface area contributed by atoms with Gasteiger partial charge >= 0.3 is 0 Å². The summed E-state index contributed by atoms with van der Waals surface area (Å²) < 4.78 is 31.0. The summed E-state index contributed by atoms with van der Waals surface area (Å²) in [6, 6.07) is 5.09. The summed E-state index contributed by atoms with van der Waals surface area (Å²) in [5.41, 5.74) is 5.70. The third kappa shape index (κ3) is 3.85. The molecule has 13 heavy (non-hydrogen) atoms. The lowest BCUT2D eigenvalue weighted by Gasteiger charge is -2.05. The molecule has 7 heteroatoms. The molecule has 0 saturated carbocycles. The van der Waals surface area contributed by atoms with Crippen LogP contribution in [0, 0.1) is 0 Å². The molecule has 1 aromatic rings. The molecule has 0 aliphatic carbocycles. The summed E-state index contributed by atoms with van der Waals surface area (Å²) >= 11 is 0. The van der Waals surface area contributed by atoms with Gasteiger partial charge in [-0.05, 0) is 24.3 Å². The van der Waals surface area contributed by atoms with E-state index in [1.165, 1.54) is 24.3 Å². The Morgan fingerprint density at radius 3 is 1.85 bits per heavy atom. The molecular weight excluding hydrogens is 196 g/mol. The predicted octanol–water partition coefficient (Wildman–Crippen LogP) is -0.276. The van der Waals surface area contributed by atoms with E-state index in [1.807, 2.05) is 0 Å². The van der Waals surface area contributed by atoms with Crippen LogP contribution >= 0.6 is 0 Å². The number of anilines is 1. The van der Waals surface area contributed by atoms with Crippen molar-refractivity contribution in [1.29, 1.82) is 0 Å². The zero-order valence-electron chi connectivity index (χ0n) is 7.02. The van der Waals surface area contributed by atoms with Gasteiger partial charge in [0.15, 0.2) is 0 Å². The minimum absolute atomic E-state index is 0. The fourth-order valence-electron chi connectivity index (χ4n) is 0.634. The van der Waals surface area contributed by atoms with Crippen LogP contribution in [-0.2, 0) is 10.1 Å². The van der Waals surface area contributed by atoms with Gasteiger partial charge in [0.1, 0.15) is 10.1 Å². The number of benzene rings is 1. The van der Waals surface area contributed by atoms with Gasteiger partial charge in [0.2, 0.25) is 0 Å². The van der Waals surface area contributed by atoms with E-state index in [0.29, 0.717) is 5.69 Å². The van der Waals surface area contributed by atoms with Crippen LogP contribution in [0.25, 0.3) is 0 Å². The van der Waals surface area contributed by atoms with Gasteiger partial charge in [-0.25, -0.2) is 8.42 Å². The highest BCUT2D eigenvalue weighted by atomic mass is 32.2. The van der Waals surface area contributed by atoms with Gasteiger partial charge in [-0.15, -0.1) is 0 Å². The molecule has 0 radical (unpaired) electrons. The van der Waals surface area contributed by atoms with E-state index >= 15 is 0 Å². The maximum Gasteiger partial charge on any atom is 0.124 e. The number of rotatable bonds is 1. The first-order valence-electron chi connectivity index (χ1n) is 2.81. The van der Waals surface area contributed by atoms with Crippen molar-refractivity contribution in [3.63, 3.8) is 0 Å². The van der Waals surface area contributed by atoms with Crippen molar-refractivity contribution in [3.05, 3.63) is 24.3 Å². The van der Waals surface area contributed by atoms with Crippen molar-refractivity contribution in [2.45, 2.75) is 4.90 Å². The van der Waals surface area contributed by atoms with Crippen LogP contribution in [0.2, 0.25) is 0 Å². The van der Waals surface area contributed by atoms with E-state index in [2.05, 4.69) is 0 Å². The average Bonchev–Trinajstić information content (AvgIpc) is 1.86. The first-order valence-corrected chi connectivity index (χ1v) is 4.22. The molecule has 8 N–H and O–H groups in total. The van der Waals surface area contributed by atoms with Crippen LogP contribution in [0.5, 0.6) is 0 Å². The smallest absolute Gasteiger partial charge is 0.124 e. The summed E-state index contributed by atoms with van der Waals surface area (Å²) in [4.78, 5) is -0.258. The molecule has 0 spiro atoms. The standard InChI is InChI=1S/C6H7NO3S.H3N.H2O/c7-5-1-3-6(4-2-5)11(8,9)10;;/h1-4H,7H2,(H,8,9,10);1H3;1H2. The topological polar surface area (TPSA) is 151 Å². The summed E-state index contributed by atoms with van der Waals surface area (Å²) in [5.74, 6) is 0. The Labute approximate surface area is 76.0 Å². The molecule has 0 amide bonds. The molecule has 1 rings (SSSR count). The number of quaternary nitrogens is 1. The molecule has 0 bridgehead atoms. The normalized spacial score (nSPS) is 9.62. The molecule has 0 saturated heterocycles. The highest BCUT2D eigenvalue weighted by Crippen LogP contribution is 2.10. The molecule has 0 fully saturated rings. The van der Waals surface area contributed by atoms with E-state index in [9.17, 15) is 13.0 Å². The van der Waals surface area contributed by atoms with Crippen LogP contribution in [0.3, 0.4) is 0 Å². The van der Waals surface area contributed by atoms with Crippen molar-refractivity contribution in [2.24, 2.45) is 0 Å². The molecular formula is C6H12N2O4S. The van der Waals surface area contributed by atoms with Gasteiger partial charge in [0.25, 0.3) is 0 Å². The Kier molecular flexibility index (Phi) is 5.28. The first kappa shape index (κ1) is 14.4. The lowest BCUT2D eigenvalue weighted by atomic mass is 10.3. The van der Waals surface area contributed by atoms with E-state index in [-0.39, 0.29) is 16.5 Å². The van der Waals surface area contributed by atoms with Gasteiger partial charge in [-0.2, -0.15) is 0 Å². The van der Waals surface area contributed by atoms with Crippen molar-refractivity contribution in [2.75, 3.05) is 5.73 Å². The van der Waals surface area contributed by atoms with Crippen molar-refractivity contribution < 1.29 is 18.4 Å². The summed E-state index contributed by atoms with van der Waals surface area (Å²) in [5, 5.41) is 0. The predicted molar refractivity (Wildman–Crippen MR) is 48.4 cm³/mol. The molecule has 6 nitrogen and oxygen atoms in total. The molecule has 0 aromatic heterocycles. The second-order valence-electron chi connectivity index (χ2n) is 2.02. The lowest BCUT2D eigenvalue weighted by molar-refractivity contribution is 0.463. The summed E-state index contributed by atoms with van der Waals surface area (Å²) in [7, 11) is -4.33. The molecule has 0 heterocycles. The Bertz CT molecular complexity index is 345. The second-order valence-corrected chi connectivity index (χ2v) is 3.40. The van der Waals surface area contributed by atoms with Gasteiger partial charge in [-0.3, -0.25) is 0 Å². The van der Waals surface area contributed by atoms with Crippen molar-refractivity contribution in [3.8, 4) is 0 Å². The maximum atomic E-state index is 10.3. The van der Waals surface area contributed by atoms with E-state index in [0.717, 1.165) is 0 Å². The largest absolute Gasteiger partial charge is 0.744 e. The minimum atomic E-state index is -4.33. The van der Waals surface area contributed by atoms with Gasteiger partial charge in [0, 0.05) is 5.69 Å². The average molecular weight is 208 g/mol. The van der Waals surface area contributed by atoms with Gasteiger partial charge in [-0.1, -0.05) is 0 Å². The van der Waals surface area contributed by atoms with Crippen molar-refractivity contribution in [1.82, 2.24) is 6.15 Å². The van der Waals surface area contributed by atoms with E-state index in [1.54, 1.807) is 0 Å². The number of hydrogen-bond acceptors (Lipinski definition) is 4. The van der Waals surface area contributed by atoms with Gasteiger partial charge in [0.05, 0.1) is 4.90 Å². The van der Waals surface area contributed by atoms with Crippen LogP contribution in [0.1, 0.15) is 0 Å². The third-order valence-corrected chi connectivity index (χ3v) is 2.02. The van der Waals surface area contributed by atoms with E-state index < -0.39 is 10.1 Å². The lowest BCUT2D eigenvalue weighted by Crippen LogP contribution is -1.98. The Hall–Kier alpha value is -1.15. The number of nitrogen functional groups attached to an aromatic ring is 1. The monoisotopic (exact) mass is 208 g/mol. The summed E-state index contributed by atoms with van der Waals surface area (Å²) in [6.07, 6.45) is 0. The minimum Gasteiger partial charge on any atom is -0.744 e. The Morgan fingerprint density at radius 2 is 1.54 bits per heavy atom. The van der Waals surface area contributed by atoms with Crippen molar-refractivity contribution >= 4 is 15.8 Å². The Balaban J connectivity index is 0. The van der Waals surface area contributed by atoms with E-state index in [4.69, 9.17) is 5.73 Å². The van der Waals surface area contributed by atoms with Crippen LogP contribution in [0.15, 0.2) is 29.2 Å². The highest BCUT2D eigenvalue weighted by Gasteiger charge is 1.98. The number of hydrogen-bond donors (Lipinski definition) is 2. The van der Waals surface area contributed by atoms with Crippen LogP contribution < -0.4 is 11.9 Å². The second kappa shape index (κ2) is 4.77. The molecule has 76 valence electrons. The highest BCUT2D eigenvalue weighted by molar-refractivity contribution is 7.85. The SMILES string of the molecule is Nc1ccc(S(=O)(=O)[O-])cc1.O.[NH4+]. The third-order valence-electron chi connectivity index (χ3n) is 1.17. The van der Waals surface area contributed by atoms with Crippen LogP contribution in [0.4, 0.5) is 5.69 Å². The fourth-order valence-corrected chi connectivity index (χ4v) is 1.10. The Morgan fingerprint density at radius 1 is 1.15 bits per heavy atom. The quantitative estimate of drug-likeness (QED) is 0.481. The zero-order valence-corrected chi connectivity index (χ0v) is 7.84. The molecule has 0 atom stereocenters. The molecule has 1 aromatic carbocycles. The van der Waals surface area contributed by atoms with Gasteiger partial charge < -0.3 is 21.9 Å². The summed E-state index contributed by atoms with van der Waals surface area (Å²) in [6.45, 7) is 0. The maximum absolute atomic E-state index is 10.3. The molecule has 0 unspecified atom stereocenters.